The highest BCUT2D eigenvalue weighted by atomic mass is 16.6. The van der Waals surface area contributed by atoms with Crippen LogP contribution in [0.1, 0.15) is 115 Å². The van der Waals surface area contributed by atoms with Crippen LogP contribution in [0, 0.1) is 17.8 Å². The van der Waals surface area contributed by atoms with Gasteiger partial charge >= 0.3 is 23.9 Å². The molecule has 1 aromatic carbocycles. The quantitative estimate of drug-likeness (QED) is 0.0326. The fraction of sp³-hybridized carbons (Fsp3) is 0.628. The standard InChI is InChI=1S/C43H60O11/c1-3-40(44)51-29-13-11-9-7-5-6-8-10-12-28-49-37-21-17-35(18-22-37)43(47)54-39-25-23-38(24-26-39)53-42(46)27-16-34-14-19-36(20-15-34)50-32-30-48-31-33-52-41(45)4-2/h3-4,14-15,19-20,35,37-39H,1-2,5-13,17-18,21-26,28-33H2. The average molecular weight is 753 g/mol. The molecule has 0 aliphatic heterocycles. The smallest absolute Gasteiger partial charge is 0.384 e. The van der Waals surface area contributed by atoms with Gasteiger partial charge in [0.15, 0.2) is 0 Å². The lowest BCUT2D eigenvalue weighted by Gasteiger charge is -2.31. The number of rotatable bonds is 25. The van der Waals surface area contributed by atoms with E-state index in [4.69, 9.17) is 33.2 Å². The van der Waals surface area contributed by atoms with Crippen molar-refractivity contribution in [1.29, 1.82) is 0 Å². The average Bonchev–Trinajstić information content (AvgIpc) is 3.19. The highest BCUT2D eigenvalue weighted by Gasteiger charge is 2.31. The second-order valence-electron chi connectivity index (χ2n) is 13.7. The van der Waals surface area contributed by atoms with Crippen molar-refractivity contribution in [2.45, 2.75) is 127 Å². The molecule has 0 amide bonds. The van der Waals surface area contributed by atoms with Crippen LogP contribution in [0.4, 0.5) is 0 Å². The molecule has 0 unspecified atom stereocenters. The van der Waals surface area contributed by atoms with Crippen molar-refractivity contribution >= 4 is 23.9 Å². The van der Waals surface area contributed by atoms with E-state index in [1.807, 2.05) is 0 Å². The first kappa shape index (κ1) is 44.3. The number of carbonyl (C=O) groups is 4. The number of carbonyl (C=O) groups excluding carboxylic acids is 4. The third-order valence-corrected chi connectivity index (χ3v) is 9.54. The zero-order valence-corrected chi connectivity index (χ0v) is 31.9. The molecule has 11 heteroatoms. The summed E-state index contributed by atoms with van der Waals surface area (Å²) in [6.45, 7) is 9.08. The summed E-state index contributed by atoms with van der Waals surface area (Å²) in [5, 5.41) is 0. The van der Waals surface area contributed by atoms with Crippen molar-refractivity contribution in [3.63, 3.8) is 0 Å². The summed E-state index contributed by atoms with van der Waals surface area (Å²) in [5.41, 5.74) is 0.657. The molecule has 0 heterocycles. The lowest BCUT2D eigenvalue weighted by Crippen LogP contribution is -2.33. The zero-order chi connectivity index (χ0) is 38.6. The van der Waals surface area contributed by atoms with Gasteiger partial charge in [0, 0.05) is 30.2 Å². The Kier molecular flexibility index (Phi) is 22.5. The van der Waals surface area contributed by atoms with E-state index in [1.54, 1.807) is 24.3 Å². The van der Waals surface area contributed by atoms with E-state index in [9.17, 15) is 19.2 Å². The molecule has 54 heavy (non-hydrogen) atoms. The van der Waals surface area contributed by atoms with Crippen molar-refractivity contribution in [1.82, 2.24) is 0 Å². The summed E-state index contributed by atoms with van der Waals surface area (Å²) in [6, 6.07) is 7.04. The molecule has 2 fully saturated rings. The molecule has 0 bridgehead atoms. The topological polar surface area (TPSA) is 133 Å². The first-order valence-corrected chi connectivity index (χ1v) is 19.8. The summed E-state index contributed by atoms with van der Waals surface area (Å²) in [4.78, 5) is 47.2. The molecule has 0 N–H and O–H groups in total. The Hall–Kier alpha value is -4.14. The molecule has 298 valence electrons. The third kappa shape index (κ3) is 19.8. The van der Waals surface area contributed by atoms with Gasteiger partial charge in [-0.3, -0.25) is 4.79 Å². The van der Waals surface area contributed by atoms with Crippen LogP contribution in [-0.2, 0) is 47.6 Å². The van der Waals surface area contributed by atoms with Gasteiger partial charge < -0.3 is 33.2 Å². The van der Waals surface area contributed by atoms with Crippen LogP contribution in [0.5, 0.6) is 5.75 Å². The Bertz CT molecular complexity index is 1330. The van der Waals surface area contributed by atoms with Crippen LogP contribution in [-0.4, -0.2) is 81.8 Å². The minimum Gasteiger partial charge on any atom is -0.491 e. The Labute approximate surface area is 321 Å². The molecule has 0 spiro atoms. The highest BCUT2D eigenvalue weighted by molar-refractivity contribution is 5.89. The van der Waals surface area contributed by atoms with Gasteiger partial charge in [0.05, 0.1) is 31.8 Å². The Morgan fingerprint density at radius 3 is 1.72 bits per heavy atom. The molecule has 0 radical (unpaired) electrons. The van der Waals surface area contributed by atoms with Gasteiger partial charge in [-0.15, -0.1) is 0 Å². The minimum absolute atomic E-state index is 0.0699. The van der Waals surface area contributed by atoms with Crippen molar-refractivity contribution in [3.8, 4) is 17.6 Å². The van der Waals surface area contributed by atoms with Gasteiger partial charge in [0.25, 0.3) is 0 Å². The molecule has 11 nitrogen and oxygen atoms in total. The molecule has 2 aliphatic carbocycles. The van der Waals surface area contributed by atoms with Crippen LogP contribution in [0.3, 0.4) is 0 Å². The second-order valence-corrected chi connectivity index (χ2v) is 13.7. The Balaban J connectivity index is 1.16. The van der Waals surface area contributed by atoms with E-state index in [-0.39, 0.29) is 49.4 Å². The summed E-state index contributed by atoms with van der Waals surface area (Å²) < 4.78 is 38.4. The maximum Gasteiger partial charge on any atom is 0.384 e. The van der Waals surface area contributed by atoms with Gasteiger partial charge in [0.2, 0.25) is 0 Å². The summed E-state index contributed by atoms with van der Waals surface area (Å²) in [7, 11) is 0. The number of ether oxygens (including phenoxy) is 7. The summed E-state index contributed by atoms with van der Waals surface area (Å²) in [6.07, 6.45) is 18.5. The van der Waals surface area contributed by atoms with Crippen molar-refractivity contribution in [3.05, 3.63) is 55.1 Å². The van der Waals surface area contributed by atoms with E-state index in [0.717, 1.165) is 57.6 Å². The van der Waals surface area contributed by atoms with E-state index >= 15 is 0 Å². The van der Waals surface area contributed by atoms with Crippen LogP contribution in [0.25, 0.3) is 0 Å². The zero-order valence-electron chi connectivity index (χ0n) is 31.9. The molecular weight excluding hydrogens is 692 g/mol. The molecule has 2 saturated carbocycles. The normalized spacial score (nSPS) is 19.3. The molecule has 0 atom stereocenters. The number of esters is 4. The molecule has 0 aromatic heterocycles. The minimum atomic E-state index is -0.573. The van der Waals surface area contributed by atoms with Crippen molar-refractivity contribution < 1.29 is 52.3 Å². The van der Waals surface area contributed by atoms with Crippen molar-refractivity contribution in [2.75, 3.05) is 39.6 Å². The predicted molar refractivity (Wildman–Crippen MR) is 203 cm³/mol. The van der Waals surface area contributed by atoms with Crippen molar-refractivity contribution in [2.24, 2.45) is 5.92 Å². The monoisotopic (exact) mass is 752 g/mol. The van der Waals surface area contributed by atoms with E-state index < -0.39 is 11.9 Å². The maximum atomic E-state index is 12.9. The third-order valence-electron chi connectivity index (χ3n) is 9.54. The first-order chi connectivity index (χ1) is 26.4. The van der Waals surface area contributed by atoms with Crippen LogP contribution >= 0.6 is 0 Å². The SMILES string of the molecule is C=CC(=O)OCCCCCCCCCCCOC1CCC(C(=O)OC2CCC(OC(=O)C#Cc3ccc(OCCOCCOC(=O)C=C)cc3)CC2)CC1. The fourth-order valence-electron chi connectivity index (χ4n) is 6.44. The van der Waals surface area contributed by atoms with E-state index in [0.29, 0.717) is 56.8 Å². The largest absolute Gasteiger partial charge is 0.491 e. The van der Waals surface area contributed by atoms with Crippen LogP contribution in [0.15, 0.2) is 49.6 Å². The lowest BCUT2D eigenvalue weighted by atomic mass is 9.87. The summed E-state index contributed by atoms with van der Waals surface area (Å²) in [5.74, 6) is 4.45. The van der Waals surface area contributed by atoms with Crippen LogP contribution < -0.4 is 4.74 Å². The maximum absolute atomic E-state index is 12.9. The summed E-state index contributed by atoms with van der Waals surface area (Å²) >= 11 is 0. The molecule has 1 aromatic rings. The predicted octanol–water partition coefficient (Wildman–Crippen LogP) is 7.38. The van der Waals surface area contributed by atoms with Gasteiger partial charge in [-0.25, -0.2) is 14.4 Å². The molecule has 0 saturated heterocycles. The number of unbranched alkanes of at least 4 members (excludes halogenated alkanes) is 8. The van der Waals surface area contributed by atoms with Gasteiger partial charge in [-0.1, -0.05) is 64.0 Å². The Morgan fingerprint density at radius 1 is 0.593 bits per heavy atom. The van der Waals surface area contributed by atoms with Crippen LogP contribution in [0.2, 0.25) is 0 Å². The second kappa shape index (κ2) is 27.4. The number of benzene rings is 1. The lowest BCUT2D eigenvalue weighted by molar-refractivity contribution is -0.161. The highest BCUT2D eigenvalue weighted by Crippen LogP contribution is 2.30. The van der Waals surface area contributed by atoms with Gasteiger partial charge in [-0.2, -0.15) is 0 Å². The van der Waals surface area contributed by atoms with Gasteiger partial charge in [-0.05, 0) is 88.5 Å². The first-order valence-electron chi connectivity index (χ1n) is 19.8. The van der Waals surface area contributed by atoms with Gasteiger partial charge in [0.1, 0.15) is 31.2 Å². The number of hydrogen-bond acceptors (Lipinski definition) is 11. The Morgan fingerprint density at radius 2 is 1.11 bits per heavy atom. The van der Waals surface area contributed by atoms with E-state index in [1.165, 1.54) is 44.6 Å². The van der Waals surface area contributed by atoms with E-state index in [2.05, 4.69) is 25.0 Å². The molecular formula is C43H60O11. The molecule has 2 aliphatic rings. The fourth-order valence-corrected chi connectivity index (χ4v) is 6.44. The number of hydrogen-bond donors (Lipinski definition) is 0. The molecule has 3 rings (SSSR count).